The van der Waals surface area contributed by atoms with Gasteiger partial charge in [0.15, 0.2) is 0 Å². The van der Waals surface area contributed by atoms with Crippen molar-refractivity contribution in [1.82, 2.24) is 5.32 Å². The number of nitrogens with one attached hydrogen (secondary N) is 1. The SMILES string of the molecule is CC[C@@H](NC(=O)[C@H](C)N(c1ccc(OC)cc1)S(C)(=O)=O)c1ccc(OC)cc1. The smallest absolute Gasteiger partial charge is 0.244 e. The fourth-order valence-corrected chi connectivity index (χ4v) is 4.26. The molecule has 2 rings (SSSR count). The Morgan fingerprint density at radius 1 is 1.00 bits per heavy atom. The van der Waals surface area contributed by atoms with Crippen LogP contribution in [-0.4, -0.2) is 40.8 Å². The molecule has 8 heteroatoms. The molecule has 29 heavy (non-hydrogen) atoms. The number of hydrogen-bond donors (Lipinski definition) is 1. The Bertz CT molecular complexity index is 911. The summed E-state index contributed by atoms with van der Waals surface area (Å²) in [5, 5.41) is 2.95. The number of nitrogens with zero attached hydrogens (tertiary/aromatic N) is 1. The molecule has 158 valence electrons. The Morgan fingerprint density at radius 3 is 1.90 bits per heavy atom. The molecule has 1 amide bonds. The second-order valence-electron chi connectivity index (χ2n) is 6.68. The van der Waals surface area contributed by atoms with Gasteiger partial charge in [0.2, 0.25) is 15.9 Å². The molecule has 2 aromatic carbocycles. The highest BCUT2D eigenvalue weighted by Gasteiger charge is 2.30. The predicted molar refractivity (Wildman–Crippen MR) is 114 cm³/mol. The molecule has 2 aromatic rings. The van der Waals surface area contributed by atoms with Gasteiger partial charge in [-0.3, -0.25) is 9.10 Å². The minimum atomic E-state index is -3.68. The monoisotopic (exact) mass is 420 g/mol. The Kier molecular flexibility index (Phi) is 7.50. The molecule has 0 heterocycles. The van der Waals surface area contributed by atoms with Crippen molar-refractivity contribution in [2.24, 2.45) is 0 Å². The van der Waals surface area contributed by atoms with Gasteiger partial charge in [0.1, 0.15) is 17.5 Å². The molecule has 0 fully saturated rings. The van der Waals surface area contributed by atoms with Crippen LogP contribution < -0.4 is 19.1 Å². The summed E-state index contributed by atoms with van der Waals surface area (Å²) in [5.41, 5.74) is 1.32. The molecular formula is C21H28N2O5S. The standard InChI is InChI=1S/C21H28N2O5S/c1-6-20(16-7-11-18(27-3)12-8-16)22-21(24)15(2)23(29(5,25)26)17-9-13-19(28-4)14-10-17/h7-15,20H,6H2,1-5H3,(H,22,24)/t15-,20+/m0/s1. The maximum atomic E-state index is 12.9. The van der Waals surface area contributed by atoms with Gasteiger partial charge in [-0.25, -0.2) is 8.42 Å². The fourth-order valence-electron chi connectivity index (χ4n) is 3.09. The molecule has 0 saturated carbocycles. The van der Waals surface area contributed by atoms with E-state index in [-0.39, 0.29) is 11.9 Å². The lowest BCUT2D eigenvalue weighted by Crippen LogP contribution is -2.48. The molecule has 0 aromatic heterocycles. The van der Waals surface area contributed by atoms with Crippen molar-refractivity contribution in [2.45, 2.75) is 32.4 Å². The quantitative estimate of drug-likeness (QED) is 0.674. The minimum absolute atomic E-state index is 0.242. The van der Waals surface area contributed by atoms with Crippen LogP contribution in [0.4, 0.5) is 5.69 Å². The zero-order chi connectivity index (χ0) is 21.6. The van der Waals surface area contributed by atoms with Crippen LogP contribution in [0.1, 0.15) is 31.9 Å². The van der Waals surface area contributed by atoms with Gasteiger partial charge in [0.25, 0.3) is 0 Å². The van der Waals surface area contributed by atoms with Crippen LogP contribution in [0, 0.1) is 0 Å². The first-order valence-electron chi connectivity index (χ1n) is 9.29. The third-order valence-corrected chi connectivity index (χ3v) is 5.90. The molecule has 0 aliphatic rings. The summed E-state index contributed by atoms with van der Waals surface area (Å²) >= 11 is 0. The minimum Gasteiger partial charge on any atom is -0.497 e. The van der Waals surface area contributed by atoms with E-state index in [0.29, 0.717) is 17.9 Å². The van der Waals surface area contributed by atoms with Crippen molar-refractivity contribution in [3.05, 3.63) is 54.1 Å². The van der Waals surface area contributed by atoms with Gasteiger partial charge in [-0.2, -0.15) is 0 Å². The number of anilines is 1. The van der Waals surface area contributed by atoms with Crippen LogP contribution in [0.3, 0.4) is 0 Å². The van der Waals surface area contributed by atoms with Crippen molar-refractivity contribution >= 4 is 21.6 Å². The van der Waals surface area contributed by atoms with E-state index < -0.39 is 16.1 Å². The largest absolute Gasteiger partial charge is 0.497 e. The van der Waals surface area contributed by atoms with Crippen molar-refractivity contribution in [1.29, 1.82) is 0 Å². The second-order valence-corrected chi connectivity index (χ2v) is 8.53. The number of carbonyl (C=O) groups excluding carboxylic acids is 1. The van der Waals surface area contributed by atoms with E-state index in [2.05, 4.69) is 5.32 Å². The van der Waals surface area contributed by atoms with Gasteiger partial charge >= 0.3 is 0 Å². The van der Waals surface area contributed by atoms with E-state index in [0.717, 1.165) is 21.9 Å². The number of benzene rings is 2. The maximum Gasteiger partial charge on any atom is 0.244 e. The maximum absolute atomic E-state index is 12.9. The first-order chi connectivity index (χ1) is 13.7. The first kappa shape index (κ1) is 22.5. The first-order valence-corrected chi connectivity index (χ1v) is 11.1. The lowest BCUT2D eigenvalue weighted by atomic mass is 10.0. The van der Waals surface area contributed by atoms with Crippen molar-refractivity contribution < 1.29 is 22.7 Å². The molecule has 2 atom stereocenters. The third-order valence-electron chi connectivity index (χ3n) is 4.66. The van der Waals surface area contributed by atoms with Crippen LogP contribution in [-0.2, 0) is 14.8 Å². The van der Waals surface area contributed by atoms with E-state index >= 15 is 0 Å². The molecule has 0 saturated heterocycles. The average molecular weight is 421 g/mol. The van der Waals surface area contributed by atoms with Crippen molar-refractivity contribution in [3.63, 3.8) is 0 Å². The molecule has 0 aliphatic heterocycles. The van der Waals surface area contributed by atoms with E-state index in [1.54, 1.807) is 38.3 Å². The summed E-state index contributed by atoms with van der Waals surface area (Å²) in [7, 11) is -0.560. The number of sulfonamides is 1. The Morgan fingerprint density at radius 2 is 1.48 bits per heavy atom. The average Bonchev–Trinajstić information content (AvgIpc) is 2.71. The van der Waals surface area contributed by atoms with Crippen LogP contribution in [0.15, 0.2) is 48.5 Å². The number of hydrogen-bond acceptors (Lipinski definition) is 5. The number of rotatable bonds is 9. The van der Waals surface area contributed by atoms with Gasteiger partial charge in [0.05, 0.1) is 32.2 Å². The Balaban J connectivity index is 2.24. The Labute approximate surface area is 172 Å². The van der Waals surface area contributed by atoms with Gasteiger partial charge in [-0.05, 0) is 55.3 Å². The molecule has 0 unspecified atom stereocenters. The second kappa shape index (κ2) is 9.65. The zero-order valence-corrected chi connectivity index (χ0v) is 18.2. The van der Waals surface area contributed by atoms with E-state index in [1.165, 1.54) is 7.11 Å². The van der Waals surface area contributed by atoms with E-state index in [1.807, 2.05) is 31.2 Å². The number of amides is 1. The van der Waals surface area contributed by atoms with Crippen LogP contribution in [0.2, 0.25) is 0 Å². The highest BCUT2D eigenvalue weighted by molar-refractivity contribution is 7.92. The van der Waals surface area contributed by atoms with Crippen molar-refractivity contribution in [2.75, 3.05) is 24.8 Å². The summed E-state index contributed by atoms with van der Waals surface area (Å²) in [5.74, 6) is 0.949. The van der Waals surface area contributed by atoms with Gasteiger partial charge in [-0.15, -0.1) is 0 Å². The topological polar surface area (TPSA) is 84.9 Å². The van der Waals surface area contributed by atoms with Gasteiger partial charge in [-0.1, -0.05) is 19.1 Å². The molecule has 1 N–H and O–H groups in total. The van der Waals surface area contributed by atoms with Crippen LogP contribution >= 0.6 is 0 Å². The number of carbonyl (C=O) groups is 1. The molecule has 7 nitrogen and oxygen atoms in total. The van der Waals surface area contributed by atoms with Crippen molar-refractivity contribution in [3.8, 4) is 11.5 Å². The fraction of sp³-hybridized carbons (Fsp3) is 0.381. The highest BCUT2D eigenvalue weighted by Crippen LogP contribution is 2.25. The molecule has 0 aliphatic carbocycles. The Hall–Kier alpha value is -2.74. The normalized spacial score (nSPS) is 13.3. The summed E-state index contributed by atoms with van der Waals surface area (Å²) < 4.78 is 36.3. The lowest BCUT2D eigenvalue weighted by molar-refractivity contribution is -0.122. The number of methoxy groups -OCH3 is 2. The molecule has 0 radical (unpaired) electrons. The summed E-state index contributed by atoms with van der Waals surface area (Å²) in [6.45, 7) is 3.53. The van der Waals surface area contributed by atoms with Crippen LogP contribution in [0.25, 0.3) is 0 Å². The molecule has 0 spiro atoms. The number of ether oxygens (including phenoxy) is 2. The zero-order valence-electron chi connectivity index (χ0n) is 17.4. The third kappa shape index (κ3) is 5.63. The van der Waals surface area contributed by atoms with E-state index in [4.69, 9.17) is 9.47 Å². The predicted octanol–water partition coefficient (Wildman–Crippen LogP) is 3.13. The molecule has 0 bridgehead atoms. The lowest BCUT2D eigenvalue weighted by Gasteiger charge is -2.30. The van der Waals surface area contributed by atoms with Gasteiger partial charge in [0, 0.05) is 0 Å². The molecular weight excluding hydrogens is 392 g/mol. The van der Waals surface area contributed by atoms with Crippen LogP contribution in [0.5, 0.6) is 11.5 Å². The summed E-state index contributed by atoms with van der Waals surface area (Å²) in [6.07, 6.45) is 1.74. The summed E-state index contributed by atoms with van der Waals surface area (Å²) in [4.78, 5) is 12.9. The highest BCUT2D eigenvalue weighted by atomic mass is 32.2. The summed E-state index contributed by atoms with van der Waals surface area (Å²) in [6, 6.07) is 12.8. The van der Waals surface area contributed by atoms with Gasteiger partial charge < -0.3 is 14.8 Å². The van der Waals surface area contributed by atoms with E-state index in [9.17, 15) is 13.2 Å².